The van der Waals surface area contributed by atoms with Gasteiger partial charge in [-0.2, -0.15) is 0 Å². The number of nitrogens with zero attached hydrogens (tertiary/aromatic N) is 5. The van der Waals surface area contributed by atoms with Gasteiger partial charge in [0.25, 0.3) is 11.5 Å². The number of amides is 1. The third-order valence-electron chi connectivity index (χ3n) is 7.01. The van der Waals surface area contributed by atoms with Crippen molar-refractivity contribution in [2.75, 3.05) is 50.8 Å². The number of anilines is 1. The molecule has 8 nitrogen and oxygen atoms in total. The number of hydrogen-bond donors (Lipinski definition) is 0. The lowest BCUT2D eigenvalue weighted by molar-refractivity contribution is -0.122. The molecular weight excluding hydrogens is 530 g/mol. The molecule has 2 aliphatic rings. The Bertz CT molecular complexity index is 1450. The predicted molar refractivity (Wildman–Crippen MR) is 161 cm³/mol. The quantitative estimate of drug-likeness (QED) is 0.220. The Balaban J connectivity index is 1.44. The van der Waals surface area contributed by atoms with Gasteiger partial charge in [0, 0.05) is 58.7 Å². The number of ether oxygens (including phenoxy) is 1. The van der Waals surface area contributed by atoms with Crippen molar-refractivity contribution < 1.29 is 9.53 Å². The minimum absolute atomic E-state index is 0.172. The summed E-state index contributed by atoms with van der Waals surface area (Å²) in [4.78, 5) is 38.7. The number of carbonyl (C=O) groups excluding carboxylic acids is 1. The zero-order valence-corrected chi connectivity index (χ0v) is 24.0. The molecule has 5 rings (SSSR count). The molecule has 10 heteroatoms. The van der Waals surface area contributed by atoms with E-state index in [0.717, 1.165) is 38.3 Å². The van der Waals surface area contributed by atoms with Crippen molar-refractivity contribution in [2.24, 2.45) is 0 Å². The zero-order valence-electron chi connectivity index (χ0n) is 22.3. The van der Waals surface area contributed by atoms with E-state index >= 15 is 0 Å². The van der Waals surface area contributed by atoms with Gasteiger partial charge >= 0.3 is 0 Å². The van der Waals surface area contributed by atoms with Gasteiger partial charge in [-0.15, -0.1) is 0 Å². The van der Waals surface area contributed by atoms with Crippen LogP contribution in [-0.4, -0.2) is 75.3 Å². The monoisotopic (exact) mass is 563 g/mol. The number of aryl methyl sites for hydroxylation is 1. The molecule has 0 radical (unpaired) electrons. The van der Waals surface area contributed by atoms with Crippen LogP contribution in [0.25, 0.3) is 11.7 Å². The van der Waals surface area contributed by atoms with Gasteiger partial charge in [0.15, 0.2) is 0 Å². The van der Waals surface area contributed by atoms with E-state index in [4.69, 9.17) is 21.9 Å². The van der Waals surface area contributed by atoms with Crippen molar-refractivity contribution in [3.8, 4) is 0 Å². The van der Waals surface area contributed by atoms with Crippen LogP contribution in [0.3, 0.4) is 0 Å². The Morgan fingerprint density at radius 3 is 2.59 bits per heavy atom. The molecular formula is C29H33N5O3S2. The molecule has 0 bridgehead atoms. The van der Waals surface area contributed by atoms with Gasteiger partial charge in [-0.3, -0.25) is 23.8 Å². The van der Waals surface area contributed by atoms with Crippen LogP contribution in [0.4, 0.5) is 5.82 Å². The van der Waals surface area contributed by atoms with E-state index < -0.39 is 0 Å². The summed E-state index contributed by atoms with van der Waals surface area (Å²) in [7, 11) is 0. The molecule has 0 unspecified atom stereocenters. The Kier molecular flexibility index (Phi) is 8.76. The van der Waals surface area contributed by atoms with Crippen LogP contribution in [0, 0.1) is 6.92 Å². The summed E-state index contributed by atoms with van der Waals surface area (Å²) in [5.41, 5.74) is 3.07. The van der Waals surface area contributed by atoms with Crippen LogP contribution in [0.2, 0.25) is 0 Å². The highest BCUT2D eigenvalue weighted by Gasteiger charge is 2.33. The van der Waals surface area contributed by atoms with Gasteiger partial charge in [-0.05, 0) is 43.5 Å². The lowest BCUT2D eigenvalue weighted by Crippen LogP contribution is -2.47. The van der Waals surface area contributed by atoms with Crippen molar-refractivity contribution in [3.05, 3.63) is 80.6 Å². The van der Waals surface area contributed by atoms with Crippen molar-refractivity contribution in [1.82, 2.24) is 19.2 Å². The molecule has 1 amide bonds. The van der Waals surface area contributed by atoms with Gasteiger partial charge in [0.1, 0.15) is 15.8 Å². The van der Waals surface area contributed by atoms with E-state index in [9.17, 15) is 9.59 Å². The second kappa shape index (κ2) is 12.4. The molecule has 0 N–H and O–H groups in total. The number of piperazine rings is 1. The first kappa shape index (κ1) is 27.5. The Morgan fingerprint density at radius 2 is 1.85 bits per heavy atom. The summed E-state index contributed by atoms with van der Waals surface area (Å²) in [6.07, 6.45) is 4.12. The van der Waals surface area contributed by atoms with Gasteiger partial charge in [0.2, 0.25) is 0 Å². The second-order valence-corrected chi connectivity index (χ2v) is 11.3. The summed E-state index contributed by atoms with van der Waals surface area (Å²) in [5, 5.41) is 0. The third kappa shape index (κ3) is 6.09. The number of carbonyl (C=O) groups is 1. The molecule has 0 aliphatic carbocycles. The van der Waals surface area contributed by atoms with E-state index in [-0.39, 0.29) is 11.5 Å². The normalized spacial score (nSPS) is 17.6. The Morgan fingerprint density at radius 1 is 1.08 bits per heavy atom. The Labute approximate surface area is 238 Å². The smallest absolute Gasteiger partial charge is 0.267 e. The highest BCUT2D eigenvalue weighted by Crippen LogP contribution is 2.34. The van der Waals surface area contributed by atoms with Crippen molar-refractivity contribution >= 4 is 51.7 Å². The maximum Gasteiger partial charge on any atom is 0.267 e. The van der Waals surface area contributed by atoms with E-state index in [1.807, 2.05) is 32.0 Å². The number of benzene rings is 1. The maximum absolute atomic E-state index is 13.8. The summed E-state index contributed by atoms with van der Waals surface area (Å²) in [5.74, 6) is 0.448. The van der Waals surface area contributed by atoms with Gasteiger partial charge < -0.3 is 9.64 Å². The highest BCUT2D eigenvalue weighted by molar-refractivity contribution is 8.26. The molecule has 204 valence electrons. The molecule has 0 spiro atoms. The lowest BCUT2D eigenvalue weighted by atomic mass is 10.1. The standard InChI is InChI=1S/C29H33N5O3S2/c1-3-37-18-8-13-34-28(36)24(39-29(34)38)19-23-26(30-25-21(2)9-7-12-33(25)27(23)35)32-16-14-31(15-17-32)20-22-10-5-4-6-11-22/h4-7,9-12,19H,3,8,13-18,20H2,1-2H3/b24-19+. The average molecular weight is 564 g/mol. The zero-order chi connectivity index (χ0) is 27.4. The fraction of sp³-hybridized carbons (Fsp3) is 0.379. The SMILES string of the molecule is CCOCCCN1C(=O)/C(=C\c2c(N3CCN(Cc4ccccc4)CC3)nc3c(C)cccn3c2=O)SC1=S. The molecule has 0 atom stereocenters. The number of aromatic nitrogens is 2. The van der Waals surface area contributed by atoms with Gasteiger partial charge in [-0.25, -0.2) is 4.98 Å². The first-order valence-electron chi connectivity index (χ1n) is 13.3. The first-order chi connectivity index (χ1) is 19.0. The van der Waals surface area contributed by atoms with Crippen LogP contribution in [0.15, 0.2) is 58.4 Å². The first-order valence-corrected chi connectivity index (χ1v) is 14.5. The molecule has 2 saturated heterocycles. The topological polar surface area (TPSA) is 70.4 Å². The summed E-state index contributed by atoms with van der Waals surface area (Å²) in [6.45, 7) is 9.67. The number of hydrogen-bond acceptors (Lipinski definition) is 8. The molecule has 3 aromatic rings. The maximum atomic E-state index is 13.8. The van der Waals surface area contributed by atoms with E-state index in [0.29, 0.717) is 52.4 Å². The van der Waals surface area contributed by atoms with Crippen LogP contribution in [-0.2, 0) is 16.1 Å². The number of rotatable bonds is 9. The van der Waals surface area contributed by atoms with Crippen LogP contribution in [0.1, 0.15) is 30.0 Å². The molecule has 2 aliphatic heterocycles. The van der Waals surface area contributed by atoms with E-state index in [1.165, 1.54) is 17.3 Å². The molecule has 0 saturated carbocycles. The fourth-order valence-electron chi connectivity index (χ4n) is 4.92. The average Bonchev–Trinajstić information content (AvgIpc) is 3.21. The second-order valence-electron chi connectivity index (χ2n) is 9.67. The third-order valence-corrected chi connectivity index (χ3v) is 8.39. The van der Waals surface area contributed by atoms with Gasteiger partial charge in [-0.1, -0.05) is 60.4 Å². The molecule has 1 aromatic carbocycles. The molecule has 39 heavy (non-hydrogen) atoms. The minimum Gasteiger partial charge on any atom is -0.382 e. The molecule has 2 fully saturated rings. The van der Waals surface area contributed by atoms with E-state index in [1.54, 1.807) is 21.6 Å². The number of pyridine rings is 1. The molecule has 4 heterocycles. The van der Waals surface area contributed by atoms with Crippen LogP contribution >= 0.6 is 24.0 Å². The Hall–Kier alpha value is -3.05. The summed E-state index contributed by atoms with van der Waals surface area (Å²) in [6, 6.07) is 14.2. The van der Waals surface area contributed by atoms with E-state index in [2.05, 4.69) is 34.1 Å². The lowest BCUT2D eigenvalue weighted by Gasteiger charge is -2.36. The highest BCUT2D eigenvalue weighted by atomic mass is 32.2. The van der Waals surface area contributed by atoms with Crippen molar-refractivity contribution in [1.29, 1.82) is 0 Å². The largest absolute Gasteiger partial charge is 0.382 e. The van der Waals surface area contributed by atoms with Crippen molar-refractivity contribution in [2.45, 2.75) is 26.8 Å². The van der Waals surface area contributed by atoms with Crippen LogP contribution < -0.4 is 10.5 Å². The summed E-state index contributed by atoms with van der Waals surface area (Å²) < 4.78 is 7.48. The fourth-order valence-corrected chi connectivity index (χ4v) is 6.21. The number of thioether (sulfide) groups is 1. The van der Waals surface area contributed by atoms with Crippen molar-refractivity contribution in [3.63, 3.8) is 0 Å². The minimum atomic E-state index is -0.188. The number of fused-ring (bicyclic) bond motifs is 1. The predicted octanol–water partition coefficient (Wildman–Crippen LogP) is 3.95. The number of thiocarbonyl (C=S) groups is 1. The van der Waals surface area contributed by atoms with Gasteiger partial charge in [0.05, 0.1) is 10.5 Å². The van der Waals surface area contributed by atoms with Crippen LogP contribution in [0.5, 0.6) is 0 Å². The summed E-state index contributed by atoms with van der Waals surface area (Å²) >= 11 is 6.75. The molecule has 2 aromatic heterocycles.